The van der Waals surface area contributed by atoms with Crippen molar-refractivity contribution in [3.8, 4) is 0 Å². The predicted octanol–water partition coefficient (Wildman–Crippen LogP) is 2.11. The van der Waals surface area contributed by atoms with Crippen LogP contribution >= 0.6 is 0 Å². The second kappa shape index (κ2) is 15.9. The third-order valence-corrected chi connectivity index (χ3v) is 4.50. The normalized spacial score (nSPS) is 15.7. The van der Waals surface area contributed by atoms with Crippen LogP contribution in [-0.4, -0.2) is 65.6 Å². The summed E-state index contributed by atoms with van der Waals surface area (Å²) in [5.74, 6) is 1.38. The van der Waals surface area contributed by atoms with Gasteiger partial charge in [0, 0.05) is 53.0 Å². The van der Waals surface area contributed by atoms with Crippen LogP contribution in [-0.2, 0) is 19.0 Å². The third kappa shape index (κ3) is 12.1. The lowest BCUT2D eigenvalue weighted by Crippen LogP contribution is -2.38. The summed E-state index contributed by atoms with van der Waals surface area (Å²) >= 11 is 0. The van der Waals surface area contributed by atoms with Crippen LogP contribution in [0.5, 0.6) is 0 Å². The largest absolute Gasteiger partial charge is 0.469 e. The highest BCUT2D eigenvalue weighted by Crippen LogP contribution is 2.14. The quantitative estimate of drug-likeness (QED) is 0.223. The number of aliphatic imine (C=N–C) groups is 1. The molecule has 0 saturated carbocycles. The highest BCUT2D eigenvalue weighted by molar-refractivity contribution is 5.79. The summed E-state index contributed by atoms with van der Waals surface area (Å²) in [4.78, 5) is 15.2. The molecule has 0 spiro atoms. The molecule has 1 aliphatic rings. The average Bonchev–Trinajstić information content (AvgIpc) is 2.68. The summed E-state index contributed by atoms with van der Waals surface area (Å²) in [5.41, 5.74) is 0. The zero-order valence-corrected chi connectivity index (χ0v) is 16.6. The maximum Gasteiger partial charge on any atom is 0.305 e. The number of guanidine groups is 1. The van der Waals surface area contributed by atoms with Crippen LogP contribution in [0.25, 0.3) is 0 Å². The first kappa shape index (κ1) is 22.7. The van der Waals surface area contributed by atoms with Crippen LogP contribution in [0.4, 0.5) is 0 Å². The van der Waals surface area contributed by atoms with Gasteiger partial charge in [-0.1, -0.05) is 12.8 Å². The van der Waals surface area contributed by atoms with E-state index in [4.69, 9.17) is 9.47 Å². The Hall–Kier alpha value is -1.34. The molecule has 26 heavy (non-hydrogen) atoms. The van der Waals surface area contributed by atoms with E-state index in [9.17, 15) is 4.79 Å². The molecule has 1 heterocycles. The summed E-state index contributed by atoms with van der Waals surface area (Å²) in [6, 6.07) is 0. The van der Waals surface area contributed by atoms with Crippen molar-refractivity contribution in [2.24, 2.45) is 10.9 Å². The molecule has 7 heteroatoms. The molecular weight excluding hydrogens is 334 g/mol. The van der Waals surface area contributed by atoms with E-state index in [0.717, 1.165) is 90.4 Å². The molecule has 1 aliphatic heterocycles. The van der Waals surface area contributed by atoms with Gasteiger partial charge in [-0.05, 0) is 38.0 Å². The number of esters is 1. The number of methoxy groups -OCH3 is 1. The first-order valence-electron chi connectivity index (χ1n) is 9.93. The van der Waals surface area contributed by atoms with Gasteiger partial charge >= 0.3 is 5.97 Å². The van der Waals surface area contributed by atoms with Crippen molar-refractivity contribution in [3.05, 3.63) is 0 Å². The van der Waals surface area contributed by atoms with Crippen LogP contribution in [0.3, 0.4) is 0 Å². The lowest BCUT2D eigenvalue weighted by Gasteiger charge is -2.21. The van der Waals surface area contributed by atoms with E-state index in [1.54, 1.807) is 7.05 Å². The Labute approximate surface area is 158 Å². The molecular formula is C19H37N3O4. The Balaban J connectivity index is 1.89. The van der Waals surface area contributed by atoms with Crippen molar-refractivity contribution in [3.63, 3.8) is 0 Å². The summed E-state index contributed by atoms with van der Waals surface area (Å²) in [6.45, 7) is 5.13. The van der Waals surface area contributed by atoms with E-state index < -0.39 is 0 Å². The van der Waals surface area contributed by atoms with E-state index in [0.29, 0.717) is 12.3 Å². The van der Waals surface area contributed by atoms with Gasteiger partial charge in [0.1, 0.15) is 0 Å². The van der Waals surface area contributed by atoms with E-state index >= 15 is 0 Å². The fourth-order valence-electron chi connectivity index (χ4n) is 2.82. The van der Waals surface area contributed by atoms with Crippen LogP contribution < -0.4 is 10.6 Å². The van der Waals surface area contributed by atoms with Gasteiger partial charge in [-0.15, -0.1) is 0 Å². The van der Waals surface area contributed by atoms with E-state index in [1.165, 1.54) is 7.11 Å². The van der Waals surface area contributed by atoms with Crippen molar-refractivity contribution in [2.45, 2.75) is 51.4 Å². The maximum absolute atomic E-state index is 11.0. The fourth-order valence-corrected chi connectivity index (χ4v) is 2.82. The molecule has 0 atom stereocenters. The van der Waals surface area contributed by atoms with Gasteiger partial charge in [0.05, 0.1) is 7.11 Å². The van der Waals surface area contributed by atoms with Crippen molar-refractivity contribution in [1.82, 2.24) is 10.6 Å². The van der Waals surface area contributed by atoms with Crippen LogP contribution in [0, 0.1) is 5.92 Å². The zero-order valence-electron chi connectivity index (χ0n) is 16.6. The first-order valence-corrected chi connectivity index (χ1v) is 9.93. The van der Waals surface area contributed by atoms with Gasteiger partial charge in [0.25, 0.3) is 0 Å². The zero-order chi connectivity index (χ0) is 18.9. The Bertz CT molecular complexity index is 385. The highest BCUT2D eigenvalue weighted by Gasteiger charge is 2.13. The number of carbonyl (C=O) groups is 1. The molecule has 152 valence electrons. The van der Waals surface area contributed by atoms with Crippen molar-refractivity contribution in [2.75, 3.05) is 53.7 Å². The Morgan fingerprint density at radius 3 is 2.46 bits per heavy atom. The van der Waals surface area contributed by atoms with Gasteiger partial charge in [-0.2, -0.15) is 0 Å². The standard InChI is InChI=1S/C19H37N3O4/c1-20-19(21-11-6-4-3-5-8-18(23)24-2)22-12-7-13-26-16-17-9-14-25-15-10-17/h17H,3-16H2,1-2H3,(H2,20,21,22). The predicted molar refractivity (Wildman–Crippen MR) is 103 cm³/mol. The second-order valence-electron chi connectivity index (χ2n) is 6.65. The van der Waals surface area contributed by atoms with E-state index in [2.05, 4.69) is 20.4 Å². The van der Waals surface area contributed by atoms with Crippen molar-refractivity contribution >= 4 is 11.9 Å². The molecule has 1 rings (SSSR count). The molecule has 0 aromatic heterocycles. The topological polar surface area (TPSA) is 81.2 Å². The average molecular weight is 372 g/mol. The monoisotopic (exact) mass is 371 g/mol. The minimum Gasteiger partial charge on any atom is -0.469 e. The maximum atomic E-state index is 11.0. The summed E-state index contributed by atoms with van der Waals surface area (Å²) in [5, 5.41) is 6.63. The lowest BCUT2D eigenvalue weighted by atomic mass is 10.0. The molecule has 7 nitrogen and oxygen atoms in total. The van der Waals surface area contributed by atoms with Gasteiger partial charge in [-0.3, -0.25) is 9.79 Å². The van der Waals surface area contributed by atoms with Crippen molar-refractivity contribution < 1.29 is 19.0 Å². The number of nitrogens with zero attached hydrogens (tertiary/aromatic N) is 1. The molecule has 0 unspecified atom stereocenters. The molecule has 0 aromatic carbocycles. The fraction of sp³-hybridized carbons (Fsp3) is 0.895. The van der Waals surface area contributed by atoms with Crippen LogP contribution in [0.1, 0.15) is 51.4 Å². The second-order valence-corrected chi connectivity index (χ2v) is 6.65. The number of rotatable bonds is 13. The van der Waals surface area contributed by atoms with E-state index in [1.807, 2.05) is 0 Å². The smallest absolute Gasteiger partial charge is 0.305 e. The molecule has 2 N–H and O–H groups in total. The number of nitrogens with one attached hydrogen (secondary N) is 2. The minimum absolute atomic E-state index is 0.121. The molecule has 0 bridgehead atoms. The molecule has 1 saturated heterocycles. The lowest BCUT2D eigenvalue weighted by molar-refractivity contribution is -0.140. The van der Waals surface area contributed by atoms with Gasteiger partial charge < -0.3 is 24.8 Å². The molecule has 1 fully saturated rings. The Morgan fingerprint density at radius 2 is 1.77 bits per heavy atom. The number of hydrogen-bond donors (Lipinski definition) is 2. The van der Waals surface area contributed by atoms with E-state index in [-0.39, 0.29) is 5.97 Å². The van der Waals surface area contributed by atoms with Gasteiger partial charge in [0.15, 0.2) is 5.96 Å². The Kier molecular flexibility index (Phi) is 13.9. The summed E-state index contributed by atoms with van der Waals surface area (Å²) in [7, 11) is 3.22. The number of ether oxygens (including phenoxy) is 3. The molecule has 0 aromatic rings. The van der Waals surface area contributed by atoms with Crippen LogP contribution in [0.15, 0.2) is 4.99 Å². The highest BCUT2D eigenvalue weighted by atomic mass is 16.5. The SMILES string of the molecule is CN=C(NCCCCCCC(=O)OC)NCCCOCC1CCOCC1. The number of unbranched alkanes of at least 4 members (excludes halogenated alkanes) is 3. The van der Waals surface area contributed by atoms with Crippen molar-refractivity contribution in [1.29, 1.82) is 0 Å². The minimum atomic E-state index is -0.121. The molecule has 0 radical (unpaired) electrons. The van der Waals surface area contributed by atoms with Crippen LogP contribution in [0.2, 0.25) is 0 Å². The number of hydrogen-bond acceptors (Lipinski definition) is 5. The number of carbonyl (C=O) groups excluding carboxylic acids is 1. The van der Waals surface area contributed by atoms with Gasteiger partial charge in [-0.25, -0.2) is 0 Å². The third-order valence-electron chi connectivity index (χ3n) is 4.50. The summed E-state index contributed by atoms with van der Waals surface area (Å²) in [6.07, 6.45) is 7.84. The first-order chi connectivity index (χ1) is 12.8. The molecule has 0 aliphatic carbocycles. The van der Waals surface area contributed by atoms with Gasteiger partial charge in [0.2, 0.25) is 0 Å². The molecule has 0 amide bonds. The summed E-state index contributed by atoms with van der Waals surface area (Å²) < 4.78 is 15.7. The Morgan fingerprint density at radius 1 is 1.08 bits per heavy atom.